The monoisotopic (exact) mass is 567 g/mol. The highest BCUT2D eigenvalue weighted by molar-refractivity contribution is 5.89. The Morgan fingerprint density at radius 1 is 0.786 bits per heavy atom. The van der Waals surface area contributed by atoms with Crippen molar-refractivity contribution in [1.82, 2.24) is 20.0 Å². The molecule has 3 aliphatic heterocycles. The molecule has 8 heteroatoms. The molecule has 3 saturated heterocycles. The second kappa shape index (κ2) is 13.4. The average Bonchev–Trinajstić information content (AvgIpc) is 3.39. The summed E-state index contributed by atoms with van der Waals surface area (Å²) in [6.07, 6.45) is 3.79. The predicted octanol–water partition coefficient (Wildman–Crippen LogP) is 5.63. The van der Waals surface area contributed by atoms with E-state index < -0.39 is 0 Å². The predicted molar refractivity (Wildman–Crippen MR) is 164 cm³/mol. The van der Waals surface area contributed by atoms with Crippen molar-refractivity contribution in [3.8, 4) is 0 Å². The zero-order valence-electron chi connectivity index (χ0n) is 24.2. The minimum Gasteiger partial charge on any atom is -0.381 e. The van der Waals surface area contributed by atoms with Crippen LogP contribution in [0.3, 0.4) is 0 Å². The number of nitrogens with one attached hydrogen (secondary N) is 2. The highest BCUT2D eigenvalue weighted by Gasteiger charge is 2.45. The zero-order chi connectivity index (χ0) is 28.7. The summed E-state index contributed by atoms with van der Waals surface area (Å²) in [6, 6.07) is 29.1. The Morgan fingerprint density at radius 3 is 2.14 bits per heavy atom. The van der Waals surface area contributed by atoms with Crippen molar-refractivity contribution >= 4 is 17.7 Å². The fourth-order valence-electron chi connectivity index (χ4n) is 6.55. The van der Waals surface area contributed by atoms with Crippen molar-refractivity contribution in [3.63, 3.8) is 0 Å². The molecule has 2 N–H and O–H groups in total. The lowest BCUT2D eigenvalue weighted by molar-refractivity contribution is 0.0493. The molecule has 42 heavy (non-hydrogen) atoms. The van der Waals surface area contributed by atoms with Crippen LogP contribution in [0.4, 0.5) is 15.3 Å². The average molecular weight is 568 g/mol. The maximum absolute atomic E-state index is 13.8. The van der Waals surface area contributed by atoms with Crippen LogP contribution >= 0.6 is 0 Å². The van der Waals surface area contributed by atoms with E-state index in [1.165, 1.54) is 11.1 Å². The van der Waals surface area contributed by atoms with Crippen LogP contribution in [0.1, 0.15) is 48.4 Å². The van der Waals surface area contributed by atoms with E-state index in [0.717, 1.165) is 76.3 Å². The van der Waals surface area contributed by atoms with Gasteiger partial charge in [0.05, 0.1) is 6.04 Å². The van der Waals surface area contributed by atoms with Crippen LogP contribution in [0.25, 0.3) is 0 Å². The fourth-order valence-corrected chi connectivity index (χ4v) is 6.55. The largest absolute Gasteiger partial charge is 0.381 e. The Bertz CT molecular complexity index is 1310. The zero-order valence-corrected chi connectivity index (χ0v) is 24.2. The van der Waals surface area contributed by atoms with Gasteiger partial charge in [0.1, 0.15) is 0 Å². The van der Waals surface area contributed by atoms with Gasteiger partial charge in [-0.1, -0.05) is 72.8 Å². The maximum atomic E-state index is 13.8. The molecule has 8 nitrogen and oxygen atoms in total. The number of carbonyl (C=O) groups excluding carboxylic acids is 2. The minimum absolute atomic E-state index is 0.100. The molecule has 1 atom stereocenters. The lowest BCUT2D eigenvalue weighted by Crippen LogP contribution is -2.48. The van der Waals surface area contributed by atoms with Crippen molar-refractivity contribution < 1.29 is 14.3 Å². The Labute approximate surface area is 248 Å². The lowest BCUT2D eigenvalue weighted by Gasteiger charge is -2.39. The molecule has 3 fully saturated rings. The molecule has 4 amide bonds. The molecule has 1 unspecified atom stereocenters. The molecular formula is C34H41N5O3. The smallest absolute Gasteiger partial charge is 0.321 e. The molecule has 6 rings (SSSR count). The number of benzene rings is 3. The van der Waals surface area contributed by atoms with Gasteiger partial charge in [0.15, 0.2) is 0 Å². The van der Waals surface area contributed by atoms with E-state index in [1.54, 1.807) is 0 Å². The number of rotatable bonds is 8. The quantitative estimate of drug-likeness (QED) is 0.370. The van der Waals surface area contributed by atoms with Crippen LogP contribution in [0.5, 0.6) is 0 Å². The van der Waals surface area contributed by atoms with Gasteiger partial charge < -0.3 is 25.2 Å². The standard InChI is InChI=1S/C34H41N5O3/c40-33(35-23-26-7-3-1-4-8-26)36-29-13-11-27(12-14-29)24-37-19-15-31(16-20-37)39-32(28-9-5-2-6-10-28)25-38(34(39)41)30-17-21-42-22-18-30/h1-14,30-32H,15-25H2,(H2,35,36,40). The minimum atomic E-state index is -0.214. The van der Waals surface area contributed by atoms with Crippen LogP contribution in [0.2, 0.25) is 0 Å². The van der Waals surface area contributed by atoms with Gasteiger partial charge in [0, 0.05) is 63.7 Å². The lowest BCUT2D eigenvalue weighted by atomic mass is 9.98. The molecular weight excluding hydrogens is 526 g/mol. The van der Waals surface area contributed by atoms with Gasteiger partial charge >= 0.3 is 12.1 Å². The number of hydrogen-bond acceptors (Lipinski definition) is 4. The first-order valence-electron chi connectivity index (χ1n) is 15.3. The van der Waals surface area contributed by atoms with Crippen molar-refractivity contribution in [1.29, 1.82) is 0 Å². The van der Waals surface area contributed by atoms with Crippen molar-refractivity contribution in [2.45, 2.75) is 56.9 Å². The SMILES string of the molecule is O=C(NCc1ccccc1)Nc1ccc(CN2CCC(N3C(=O)N(C4CCOCC4)CC3c3ccccc3)CC2)cc1. The number of anilines is 1. The van der Waals surface area contributed by atoms with Gasteiger partial charge in [-0.3, -0.25) is 4.90 Å². The summed E-state index contributed by atoms with van der Waals surface area (Å²) in [4.78, 5) is 33.0. The van der Waals surface area contributed by atoms with Crippen LogP contribution in [0.15, 0.2) is 84.9 Å². The number of nitrogens with zero attached hydrogens (tertiary/aromatic N) is 3. The molecule has 3 aromatic carbocycles. The molecule has 0 saturated carbocycles. The second-order valence-electron chi connectivity index (χ2n) is 11.6. The van der Waals surface area contributed by atoms with Crippen LogP contribution in [-0.2, 0) is 17.8 Å². The topological polar surface area (TPSA) is 77.2 Å². The van der Waals surface area contributed by atoms with Gasteiger partial charge in [-0.05, 0) is 54.5 Å². The van der Waals surface area contributed by atoms with E-state index in [9.17, 15) is 9.59 Å². The molecule has 220 valence electrons. The number of piperidine rings is 1. The second-order valence-corrected chi connectivity index (χ2v) is 11.6. The van der Waals surface area contributed by atoms with E-state index >= 15 is 0 Å². The number of likely N-dealkylation sites (tertiary alicyclic amines) is 1. The van der Waals surface area contributed by atoms with E-state index in [-0.39, 0.29) is 30.2 Å². The first-order chi connectivity index (χ1) is 20.6. The summed E-state index contributed by atoms with van der Waals surface area (Å²) in [6.45, 7) is 5.49. The van der Waals surface area contributed by atoms with Gasteiger partial charge in [-0.15, -0.1) is 0 Å². The number of hydrogen-bond donors (Lipinski definition) is 2. The summed E-state index contributed by atoms with van der Waals surface area (Å²) >= 11 is 0. The number of ether oxygens (including phenoxy) is 1. The van der Waals surface area contributed by atoms with E-state index in [4.69, 9.17) is 4.74 Å². The molecule has 0 radical (unpaired) electrons. The molecule has 0 aromatic heterocycles. The molecule has 3 aromatic rings. The Balaban J connectivity index is 1.02. The van der Waals surface area contributed by atoms with Crippen LogP contribution in [0, 0.1) is 0 Å². The third-order valence-corrected chi connectivity index (χ3v) is 8.85. The van der Waals surface area contributed by atoms with Crippen molar-refractivity contribution in [2.75, 3.05) is 38.2 Å². The molecule has 0 bridgehead atoms. The third kappa shape index (κ3) is 6.77. The summed E-state index contributed by atoms with van der Waals surface area (Å²) in [5.74, 6) is 0. The Kier molecular flexibility index (Phi) is 9.01. The van der Waals surface area contributed by atoms with Gasteiger partial charge in [-0.25, -0.2) is 9.59 Å². The van der Waals surface area contributed by atoms with E-state index in [1.807, 2.05) is 48.5 Å². The van der Waals surface area contributed by atoms with Gasteiger partial charge in [-0.2, -0.15) is 0 Å². The third-order valence-electron chi connectivity index (χ3n) is 8.85. The number of carbonyl (C=O) groups is 2. The Hall–Kier alpha value is -3.88. The number of amides is 4. The molecule has 3 heterocycles. The highest BCUT2D eigenvalue weighted by Crippen LogP contribution is 2.37. The van der Waals surface area contributed by atoms with Gasteiger partial charge in [0.2, 0.25) is 0 Å². The van der Waals surface area contributed by atoms with Gasteiger partial charge in [0.25, 0.3) is 0 Å². The van der Waals surface area contributed by atoms with Crippen molar-refractivity contribution in [2.24, 2.45) is 0 Å². The van der Waals surface area contributed by atoms with Crippen molar-refractivity contribution in [3.05, 3.63) is 102 Å². The summed E-state index contributed by atoms with van der Waals surface area (Å²) < 4.78 is 5.58. The van der Waals surface area contributed by atoms with E-state index in [2.05, 4.69) is 61.7 Å². The maximum Gasteiger partial charge on any atom is 0.321 e. The number of urea groups is 2. The fraction of sp³-hybridized carbons (Fsp3) is 0.412. The summed E-state index contributed by atoms with van der Waals surface area (Å²) in [5, 5.41) is 5.81. The van der Waals surface area contributed by atoms with Crippen LogP contribution < -0.4 is 10.6 Å². The van der Waals surface area contributed by atoms with Crippen LogP contribution in [-0.4, -0.2) is 71.7 Å². The normalized spacial score (nSPS) is 20.6. The van der Waals surface area contributed by atoms with E-state index in [0.29, 0.717) is 6.54 Å². The Morgan fingerprint density at radius 2 is 1.45 bits per heavy atom. The molecule has 0 aliphatic carbocycles. The molecule has 3 aliphatic rings. The first kappa shape index (κ1) is 28.2. The highest BCUT2D eigenvalue weighted by atomic mass is 16.5. The summed E-state index contributed by atoms with van der Waals surface area (Å²) in [7, 11) is 0. The molecule has 0 spiro atoms. The summed E-state index contributed by atoms with van der Waals surface area (Å²) in [5.41, 5.74) is 4.28. The first-order valence-corrected chi connectivity index (χ1v) is 15.3.